The SMILES string of the molecule is Cc1ccc(N(C)CCc2ccccn2)c(C(=N)N)c1. The lowest BCUT2D eigenvalue weighted by atomic mass is 10.1. The normalized spacial score (nSPS) is 10.3. The van der Waals surface area contributed by atoms with Crippen LogP contribution in [0, 0.1) is 12.3 Å². The van der Waals surface area contributed by atoms with Crippen molar-refractivity contribution in [1.82, 2.24) is 4.98 Å². The van der Waals surface area contributed by atoms with E-state index < -0.39 is 0 Å². The molecule has 0 aliphatic rings. The van der Waals surface area contributed by atoms with E-state index in [2.05, 4.69) is 9.88 Å². The second-order valence-corrected chi connectivity index (χ2v) is 4.93. The Labute approximate surface area is 119 Å². The molecule has 0 saturated carbocycles. The molecule has 0 spiro atoms. The minimum absolute atomic E-state index is 0.105. The highest BCUT2D eigenvalue weighted by Crippen LogP contribution is 2.20. The molecule has 1 heterocycles. The molecule has 3 N–H and O–H groups in total. The molecule has 0 amide bonds. The lowest BCUT2D eigenvalue weighted by molar-refractivity contribution is 0.851. The Morgan fingerprint density at radius 3 is 2.75 bits per heavy atom. The van der Waals surface area contributed by atoms with Gasteiger partial charge in [0, 0.05) is 43.2 Å². The van der Waals surface area contributed by atoms with Gasteiger partial charge in [-0.3, -0.25) is 10.4 Å². The number of aromatic nitrogens is 1. The number of hydrogen-bond acceptors (Lipinski definition) is 3. The summed E-state index contributed by atoms with van der Waals surface area (Å²) in [4.78, 5) is 6.44. The Morgan fingerprint density at radius 2 is 2.10 bits per heavy atom. The van der Waals surface area contributed by atoms with Crippen LogP contribution in [0.15, 0.2) is 42.6 Å². The lowest BCUT2D eigenvalue weighted by Gasteiger charge is -2.22. The number of benzene rings is 1. The molecule has 4 heteroatoms. The molecule has 104 valence electrons. The van der Waals surface area contributed by atoms with Crippen molar-refractivity contribution in [2.45, 2.75) is 13.3 Å². The number of likely N-dealkylation sites (N-methyl/N-ethyl adjacent to an activating group) is 1. The summed E-state index contributed by atoms with van der Waals surface area (Å²) in [5.74, 6) is 0.105. The molecular weight excluding hydrogens is 248 g/mol. The van der Waals surface area contributed by atoms with Gasteiger partial charge in [-0.2, -0.15) is 0 Å². The van der Waals surface area contributed by atoms with Crippen LogP contribution in [0.3, 0.4) is 0 Å². The van der Waals surface area contributed by atoms with E-state index in [1.807, 2.05) is 56.6 Å². The molecule has 0 radical (unpaired) electrons. The smallest absolute Gasteiger partial charge is 0.124 e. The first-order valence-electron chi connectivity index (χ1n) is 6.64. The van der Waals surface area contributed by atoms with Crippen molar-refractivity contribution in [2.24, 2.45) is 5.73 Å². The van der Waals surface area contributed by atoms with Crippen LogP contribution in [0.5, 0.6) is 0 Å². The number of nitrogens with one attached hydrogen (secondary N) is 1. The molecule has 0 aliphatic carbocycles. The van der Waals surface area contributed by atoms with E-state index in [1.165, 1.54) is 0 Å². The molecule has 4 nitrogen and oxygen atoms in total. The van der Waals surface area contributed by atoms with Gasteiger partial charge in [0.15, 0.2) is 0 Å². The van der Waals surface area contributed by atoms with Gasteiger partial charge in [-0.05, 0) is 31.2 Å². The molecule has 0 fully saturated rings. The van der Waals surface area contributed by atoms with Gasteiger partial charge in [-0.25, -0.2) is 0 Å². The van der Waals surface area contributed by atoms with E-state index >= 15 is 0 Å². The number of amidine groups is 1. The fourth-order valence-electron chi connectivity index (χ4n) is 2.15. The van der Waals surface area contributed by atoms with E-state index in [9.17, 15) is 0 Å². The molecule has 1 aromatic heterocycles. The number of nitrogens with two attached hydrogens (primary N) is 1. The van der Waals surface area contributed by atoms with Crippen LogP contribution in [0.1, 0.15) is 16.8 Å². The zero-order valence-corrected chi connectivity index (χ0v) is 11.9. The third-order valence-electron chi connectivity index (χ3n) is 3.28. The highest BCUT2D eigenvalue weighted by atomic mass is 15.1. The van der Waals surface area contributed by atoms with Gasteiger partial charge in [0.25, 0.3) is 0 Å². The van der Waals surface area contributed by atoms with Gasteiger partial charge in [-0.1, -0.05) is 17.7 Å². The summed E-state index contributed by atoms with van der Waals surface area (Å²) < 4.78 is 0. The van der Waals surface area contributed by atoms with Crippen LogP contribution in [-0.4, -0.2) is 24.4 Å². The summed E-state index contributed by atoms with van der Waals surface area (Å²) in [5, 5.41) is 7.70. The van der Waals surface area contributed by atoms with Crippen molar-refractivity contribution in [3.63, 3.8) is 0 Å². The van der Waals surface area contributed by atoms with E-state index in [0.717, 1.165) is 35.5 Å². The summed E-state index contributed by atoms with van der Waals surface area (Å²) >= 11 is 0. The molecule has 2 aromatic rings. The Balaban J connectivity index is 2.13. The monoisotopic (exact) mass is 268 g/mol. The fraction of sp³-hybridized carbons (Fsp3) is 0.250. The van der Waals surface area contributed by atoms with Crippen molar-refractivity contribution in [2.75, 3.05) is 18.5 Å². The van der Waals surface area contributed by atoms with Crippen LogP contribution < -0.4 is 10.6 Å². The maximum absolute atomic E-state index is 7.70. The zero-order chi connectivity index (χ0) is 14.5. The Morgan fingerprint density at radius 1 is 1.30 bits per heavy atom. The van der Waals surface area contributed by atoms with Crippen molar-refractivity contribution in [1.29, 1.82) is 5.41 Å². The molecule has 2 rings (SSSR count). The first kappa shape index (κ1) is 14.1. The summed E-state index contributed by atoms with van der Waals surface area (Å²) in [6.45, 7) is 2.84. The van der Waals surface area contributed by atoms with Crippen molar-refractivity contribution < 1.29 is 0 Å². The topological polar surface area (TPSA) is 66.0 Å². The van der Waals surface area contributed by atoms with Crippen LogP contribution in [0.25, 0.3) is 0 Å². The maximum Gasteiger partial charge on any atom is 0.124 e. The number of nitrogens with zero attached hydrogens (tertiary/aromatic N) is 2. The lowest BCUT2D eigenvalue weighted by Crippen LogP contribution is -2.24. The van der Waals surface area contributed by atoms with E-state index in [0.29, 0.717) is 0 Å². The number of nitrogen functional groups attached to an aromatic ring is 1. The Bertz CT molecular complexity index is 593. The standard InChI is InChI=1S/C16H20N4/c1-12-6-7-15(14(11-12)16(17)18)20(2)10-8-13-5-3-4-9-19-13/h3-7,9,11H,8,10H2,1-2H3,(H3,17,18). The molecule has 20 heavy (non-hydrogen) atoms. The Kier molecular flexibility index (Phi) is 4.35. The molecular formula is C16H20N4. The molecule has 1 aromatic carbocycles. The third kappa shape index (κ3) is 3.35. The number of rotatable bonds is 5. The minimum atomic E-state index is 0.105. The summed E-state index contributed by atoms with van der Waals surface area (Å²) in [6.07, 6.45) is 2.67. The van der Waals surface area contributed by atoms with Crippen molar-refractivity contribution in [3.8, 4) is 0 Å². The van der Waals surface area contributed by atoms with E-state index in [-0.39, 0.29) is 5.84 Å². The zero-order valence-electron chi connectivity index (χ0n) is 11.9. The summed E-state index contributed by atoms with van der Waals surface area (Å²) in [7, 11) is 2.01. The quantitative estimate of drug-likeness (QED) is 0.646. The van der Waals surface area contributed by atoms with Gasteiger partial charge in [0.2, 0.25) is 0 Å². The van der Waals surface area contributed by atoms with Gasteiger partial charge >= 0.3 is 0 Å². The number of hydrogen-bond donors (Lipinski definition) is 2. The van der Waals surface area contributed by atoms with Crippen LogP contribution in [-0.2, 0) is 6.42 Å². The van der Waals surface area contributed by atoms with Crippen LogP contribution in [0.2, 0.25) is 0 Å². The highest BCUT2D eigenvalue weighted by Gasteiger charge is 2.10. The molecule has 0 aliphatic heterocycles. The first-order valence-corrected chi connectivity index (χ1v) is 6.64. The molecule has 0 atom stereocenters. The highest BCUT2D eigenvalue weighted by molar-refractivity contribution is 6.00. The van der Waals surface area contributed by atoms with Gasteiger partial charge < -0.3 is 10.6 Å². The number of anilines is 1. The molecule has 0 bridgehead atoms. The Hall–Kier alpha value is -2.36. The van der Waals surface area contributed by atoms with Gasteiger partial charge in [0.05, 0.1) is 0 Å². The second-order valence-electron chi connectivity index (χ2n) is 4.93. The maximum atomic E-state index is 7.70. The van der Waals surface area contributed by atoms with E-state index in [4.69, 9.17) is 11.1 Å². The fourth-order valence-corrected chi connectivity index (χ4v) is 2.15. The van der Waals surface area contributed by atoms with Crippen LogP contribution in [0.4, 0.5) is 5.69 Å². The van der Waals surface area contributed by atoms with Gasteiger partial charge in [0.1, 0.15) is 5.84 Å². The molecule has 0 unspecified atom stereocenters. The predicted octanol–water partition coefficient (Wildman–Crippen LogP) is 2.35. The van der Waals surface area contributed by atoms with E-state index in [1.54, 1.807) is 0 Å². The summed E-state index contributed by atoms with van der Waals surface area (Å²) in [5.41, 5.74) is 9.62. The largest absolute Gasteiger partial charge is 0.384 e. The number of pyridine rings is 1. The average Bonchev–Trinajstić information content (AvgIpc) is 2.45. The minimum Gasteiger partial charge on any atom is -0.384 e. The number of aryl methyl sites for hydroxylation is 1. The third-order valence-corrected chi connectivity index (χ3v) is 3.28. The average molecular weight is 268 g/mol. The second kappa shape index (κ2) is 6.19. The van der Waals surface area contributed by atoms with Crippen molar-refractivity contribution in [3.05, 3.63) is 59.4 Å². The summed E-state index contributed by atoms with van der Waals surface area (Å²) in [6, 6.07) is 11.9. The van der Waals surface area contributed by atoms with Gasteiger partial charge in [-0.15, -0.1) is 0 Å². The van der Waals surface area contributed by atoms with Crippen LogP contribution >= 0.6 is 0 Å². The predicted molar refractivity (Wildman–Crippen MR) is 83.4 cm³/mol. The first-order chi connectivity index (χ1) is 9.58. The van der Waals surface area contributed by atoms with Crippen molar-refractivity contribution >= 4 is 11.5 Å². The molecule has 0 saturated heterocycles.